The molecular formula is C13H13BrN2O2S. The molecule has 6 heteroatoms. The molecule has 0 radical (unpaired) electrons. The average molecular weight is 341 g/mol. The topological polar surface area (TPSA) is 66.0 Å². The summed E-state index contributed by atoms with van der Waals surface area (Å²) < 4.78 is 0.836. The molecule has 0 saturated heterocycles. The van der Waals surface area contributed by atoms with Crippen LogP contribution in [0.1, 0.15) is 24.3 Å². The van der Waals surface area contributed by atoms with Crippen molar-refractivity contribution in [2.45, 2.75) is 30.0 Å². The van der Waals surface area contributed by atoms with E-state index in [1.54, 1.807) is 13.8 Å². The molecule has 0 aliphatic carbocycles. The number of aliphatic hydroxyl groups excluding tert-OH is 1. The molecule has 1 heterocycles. The second kappa shape index (κ2) is 5.90. The molecule has 1 aromatic heterocycles. The highest BCUT2D eigenvalue weighted by Crippen LogP contribution is 2.31. The van der Waals surface area contributed by atoms with E-state index in [0.717, 1.165) is 14.9 Å². The molecule has 0 fully saturated rings. The Hall–Kier alpha value is -1.11. The smallest absolute Gasteiger partial charge is 0.251 e. The first-order valence-corrected chi connectivity index (χ1v) is 7.30. The lowest BCUT2D eigenvalue weighted by atomic mass is 10.1. The van der Waals surface area contributed by atoms with Crippen molar-refractivity contribution in [2.24, 2.45) is 0 Å². The molecule has 2 aromatic rings. The summed E-state index contributed by atoms with van der Waals surface area (Å²) in [5.74, 6) is 0. The van der Waals surface area contributed by atoms with Crippen LogP contribution in [0.15, 0.2) is 43.6 Å². The maximum atomic E-state index is 11.4. The van der Waals surface area contributed by atoms with E-state index < -0.39 is 6.10 Å². The standard InChI is InChI=1S/C13H13BrN2O2S/c1-7-5-12(18)16-13(15-7)19-9-3-4-10(8(2)17)11(14)6-9/h3-6,8,17H,1-2H3,(H,15,16,18). The van der Waals surface area contributed by atoms with Gasteiger partial charge in [0.25, 0.3) is 5.56 Å². The van der Waals surface area contributed by atoms with E-state index in [1.165, 1.54) is 17.8 Å². The van der Waals surface area contributed by atoms with Crippen molar-refractivity contribution in [2.75, 3.05) is 0 Å². The zero-order valence-electron chi connectivity index (χ0n) is 10.5. The minimum atomic E-state index is -0.523. The van der Waals surface area contributed by atoms with Crippen LogP contribution >= 0.6 is 27.7 Å². The number of nitrogens with one attached hydrogen (secondary N) is 1. The lowest BCUT2D eigenvalue weighted by Gasteiger charge is -2.09. The molecule has 1 aromatic carbocycles. The lowest BCUT2D eigenvalue weighted by Crippen LogP contribution is -2.07. The zero-order valence-corrected chi connectivity index (χ0v) is 12.9. The molecule has 100 valence electrons. The van der Waals surface area contributed by atoms with Crippen molar-refractivity contribution in [3.05, 3.63) is 50.3 Å². The average Bonchev–Trinajstić information content (AvgIpc) is 2.26. The number of benzene rings is 1. The highest BCUT2D eigenvalue weighted by molar-refractivity contribution is 9.10. The Balaban J connectivity index is 2.29. The van der Waals surface area contributed by atoms with Crippen molar-refractivity contribution >= 4 is 27.7 Å². The number of nitrogens with zero attached hydrogens (tertiary/aromatic N) is 1. The molecule has 19 heavy (non-hydrogen) atoms. The van der Waals surface area contributed by atoms with E-state index in [0.29, 0.717) is 10.9 Å². The maximum absolute atomic E-state index is 11.4. The van der Waals surface area contributed by atoms with Gasteiger partial charge in [0.1, 0.15) is 0 Å². The van der Waals surface area contributed by atoms with Crippen LogP contribution in [0, 0.1) is 6.92 Å². The van der Waals surface area contributed by atoms with E-state index in [4.69, 9.17) is 0 Å². The zero-order chi connectivity index (χ0) is 14.0. The summed E-state index contributed by atoms with van der Waals surface area (Å²) in [5.41, 5.74) is 1.36. The molecule has 0 aliphatic rings. The second-order valence-corrected chi connectivity index (χ2v) is 6.07. The maximum Gasteiger partial charge on any atom is 0.251 e. The molecule has 0 saturated carbocycles. The number of H-pyrrole nitrogens is 1. The molecule has 1 atom stereocenters. The van der Waals surface area contributed by atoms with E-state index >= 15 is 0 Å². The Morgan fingerprint density at radius 2 is 2.16 bits per heavy atom. The van der Waals surface area contributed by atoms with Crippen LogP contribution < -0.4 is 5.56 Å². The normalized spacial score (nSPS) is 12.4. The number of rotatable bonds is 3. The molecule has 4 nitrogen and oxygen atoms in total. The largest absolute Gasteiger partial charge is 0.389 e. The molecule has 0 aliphatic heterocycles. The van der Waals surface area contributed by atoms with E-state index in [9.17, 15) is 9.90 Å². The molecular weight excluding hydrogens is 328 g/mol. The van der Waals surface area contributed by atoms with Gasteiger partial charge in [0.05, 0.1) is 6.10 Å². The fourth-order valence-electron chi connectivity index (χ4n) is 1.62. The summed E-state index contributed by atoms with van der Waals surface area (Å²) in [6.45, 7) is 3.50. The van der Waals surface area contributed by atoms with Gasteiger partial charge in [-0.25, -0.2) is 4.98 Å². The van der Waals surface area contributed by atoms with Crippen molar-refractivity contribution < 1.29 is 5.11 Å². The number of aromatic nitrogens is 2. The van der Waals surface area contributed by atoms with Crippen LogP contribution in [0.25, 0.3) is 0 Å². The predicted molar refractivity (Wildman–Crippen MR) is 78.5 cm³/mol. The molecule has 0 bridgehead atoms. The van der Waals surface area contributed by atoms with Crippen molar-refractivity contribution in [1.29, 1.82) is 0 Å². The Kier molecular flexibility index (Phi) is 4.44. The van der Waals surface area contributed by atoms with Crippen LogP contribution in [-0.4, -0.2) is 15.1 Å². The first kappa shape index (κ1) is 14.3. The number of hydrogen-bond acceptors (Lipinski definition) is 4. The SMILES string of the molecule is Cc1cc(=O)[nH]c(Sc2ccc(C(C)O)c(Br)c2)n1. The summed E-state index contributed by atoms with van der Waals surface area (Å²) >= 11 is 4.80. The van der Waals surface area contributed by atoms with Gasteiger partial charge in [-0.05, 0) is 31.5 Å². The van der Waals surface area contributed by atoms with Gasteiger partial charge in [0.2, 0.25) is 0 Å². The van der Waals surface area contributed by atoms with Crippen LogP contribution in [0.3, 0.4) is 0 Å². The second-order valence-electron chi connectivity index (χ2n) is 4.15. The van der Waals surface area contributed by atoms with Crippen molar-refractivity contribution in [1.82, 2.24) is 9.97 Å². The number of aliphatic hydroxyl groups is 1. The van der Waals surface area contributed by atoms with Gasteiger partial charge < -0.3 is 10.1 Å². The third-order valence-corrected chi connectivity index (χ3v) is 4.05. The van der Waals surface area contributed by atoms with Crippen molar-refractivity contribution in [3.8, 4) is 0 Å². The fourth-order valence-corrected chi connectivity index (χ4v) is 3.36. The summed E-state index contributed by atoms with van der Waals surface area (Å²) in [6, 6.07) is 7.09. The molecule has 0 amide bonds. The Labute approximate surface area is 123 Å². The van der Waals surface area contributed by atoms with E-state index in [-0.39, 0.29) is 5.56 Å². The van der Waals surface area contributed by atoms with Gasteiger partial charge in [0.15, 0.2) is 5.16 Å². The number of aromatic amines is 1. The lowest BCUT2D eigenvalue weighted by molar-refractivity contribution is 0.198. The summed E-state index contributed by atoms with van der Waals surface area (Å²) in [7, 11) is 0. The predicted octanol–water partition coefficient (Wildman–Crippen LogP) is 3.05. The Morgan fingerprint density at radius 3 is 2.74 bits per heavy atom. The molecule has 1 unspecified atom stereocenters. The van der Waals surface area contributed by atoms with Gasteiger partial charge in [-0.2, -0.15) is 0 Å². The monoisotopic (exact) mass is 340 g/mol. The first-order valence-electron chi connectivity index (χ1n) is 5.69. The first-order chi connectivity index (χ1) is 8.95. The van der Waals surface area contributed by atoms with Crippen molar-refractivity contribution in [3.63, 3.8) is 0 Å². The van der Waals surface area contributed by atoms with Crippen LogP contribution in [0.4, 0.5) is 0 Å². The van der Waals surface area contributed by atoms with E-state index in [1.807, 2.05) is 18.2 Å². The third kappa shape index (κ3) is 3.68. The van der Waals surface area contributed by atoms with Gasteiger partial charge in [-0.3, -0.25) is 4.79 Å². The number of aryl methyl sites for hydroxylation is 1. The highest BCUT2D eigenvalue weighted by atomic mass is 79.9. The molecule has 2 N–H and O–H groups in total. The minimum Gasteiger partial charge on any atom is -0.389 e. The summed E-state index contributed by atoms with van der Waals surface area (Å²) in [5, 5.41) is 10.1. The minimum absolute atomic E-state index is 0.158. The summed E-state index contributed by atoms with van der Waals surface area (Å²) in [4.78, 5) is 19.2. The van der Waals surface area contributed by atoms with Crippen LogP contribution in [0.5, 0.6) is 0 Å². The van der Waals surface area contributed by atoms with Crippen LogP contribution in [-0.2, 0) is 0 Å². The van der Waals surface area contributed by atoms with Gasteiger partial charge in [-0.1, -0.05) is 33.8 Å². The Morgan fingerprint density at radius 1 is 1.42 bits per heavy atom. The quantitative estimate of drug-likeness (QED) is 0.842. The van der Waals surface area contributed by atoms with Gasteiger partial charge in [0, 0.05) is 21.1 Å². The molecule has 0 spiro atoms. The highest BCUT2D eigenvalue weighted by Gasteiger charge is 2.08. The Bertz CT molecular complexity index is 655. The third-order valence-electron chi connectivity index (χ3n) is 2.48. The summed E-state index contributed by atoms with van der Waals surface area (Å²) in [6.07, 6.45) is -0.523. The van der Waals surface area contributed by atoms with Crippen LogP contribution in [0.2, 0.25) is 0 Å². The molecule has 2 rings (SSSR count). The van der Waals surface area contributed by atoms with Gasteiger partial charge in [-0.15, -0.1) is 0 Å². The number of halogens is 1. The fraction of sp³-hybridized carbons (Fsp3) is 0.231. The van der Waals surface area contributed by atoms with Gasteiger partial charge >= 0.3 is 0 Å². The van der Waals surface area contributed by atoms with E-state index in [2.05, 4.69) is 25.9 Å². The number of hydrogen-bond donors (Lipinski definition) is 2.